The minimum absolute atomic E-state index is 0.363. The number of hydrogen-bond acceptors (Lipinski definition) is 4. The summed E-state index contributed by atoms with van der Waals surface area (Å²) in [6.07, 6.45) is 0. The maximum Gasteiger partial charge on any atom is 0.170 e. The van der Waals surface area contributed by atoms with Gasteiger partial charge in [-0.25, -0.2) is 0 Å². The summed E-state index contributed by atoms with van der Waals surface area (Å²) in [6.45, 7) is 1.98. The van der Waals surface area contributed by atoms with Gasteiger partial charge in [0.15, 0.2) is 11.6 Å². The Morgan fingerprint density at radius 3 is 2.69 bits per heavy atom. The Hall–Kier alpha value is -1.49. The molecule has 0 bridgehead atoms. The predicted molar refractivity (Wildman–Crippen MR) is 65.3 cm³/mol. The first-order chi connectivity index (χ1) is 7.61. The van der Waals surface area contributed by atoms with Crippen LogP contribution in [0.25, 0.3) is 11.3 Å². The first kappa shape index (κ1) is 11.0. The Kier molecular flexibility index (Phi) is 2.87. The molecular weight excluding hydrogens is 272 g/mol. The number of hydrogen-bond donors (Lipinski definition) is 1. The number of nitrogens with two attached hydrogens (primary N) is 1. The van der Waals surface area contributed by atoms with Gasteiger partial charge in [-0.15, -0.1) is 0 Å². The molecule has 0 spiro atoms. The lowest BCUT2D eigenvalue weighted by Crippen LogP contribution is -1.88. The first-order valence-corrected chi connectivity index (χ1v) is 5.48. The number of nitrogen functional groups attached to an aromatic ring is 1. The smallest absolute Gasteiger partial charge is 0.170 e. The van der Waals surface area contributed by atoms with Crippen LogP contribution in [0.3, 0.4) is 0 Å². The van der Waals surface area contributed by atoms with E-state index in [4.69, 9.17) is 15.0 Å². The number of anilines is 1. The van der Waals surface area contributed by atoms with Crippen molar-refractivity contribution in [1.29, 1.82) is 0 Å². The Morgan fingerprint density at radius 2 is 2.12 bits per heavy atom. The summed E-state index contributed by atoms with van der Waals surface area (Å²) in [5.74, 6) is 1.73. The minimum Gasteiger partial charge on any atom is -0.496 e. The molecule has 0 aliphatic rings. The van der Waals surface area contributed by atoms with Crippen LogP contribution in [-0.2, 0) is 0 Å². The third-order valence-corrected chi connectivity index (χ3v) is 3.02. The van der Waals surface area contributed by atoms with Gasteiger partial charge in [0.1, 0.15) is 5.75 Å². The summed E-state index contributed by atoms with van der Waals surface area (Å²) >= 11 is 3.47. The van der Waals surface area contributed by atoms with Crippen LogP contribution >= 0.6 is 15.9 Å². The fourth-order valence-corrected chi connectivity index (χ4v) is 2.07. The summed E-state index contributed by atoms with van der Waals surface area (Å²) in [4.78, 5) is 0. The molecule has 0 saturated heterocycles. The summed E-state index contributed by atoms with van der Waals surface area (Å²) in [7, 11) is 1.62. The van der Waals surface area contributed by atoms with E-state index >= 15 is 0 Å². The van der Waals surface area contributed by atoms with Gasteiger partial charge in [0, 0.05) is 11.6 Å². The zero-order chi connectivity index (χ0) is 11.7. The van der Waals surface area contributed by atoms with Gasteiger partial charge in [-0.2, -0.15) is 0 Å². The van der Waals surface area contributed by atoms with Crippen LogP contribution in [0.15, 0.2) is 27.2 Å². The lowest BCUT2D eigenvalue weighted by molar-refractivity contribution is 0.410. The molecule has 0 saturated carbocycles. The van der Waals surface area contributed by atoms with Crippen LogP contribution in [0.1, 0.15) is 5.56 Å². The van der Waals surface area contributed by atoms with Gasteiger partial charge in [-0.05, 0) is 40.5 Å². The Labute approximate surface area is 102 Å². The molecule has 2 N–H and O–H groups in total. The van der Waals surface area contributed by atoms with E-state index < -0.39 is 0 Å². The average molecular weight is 283 g/mol. The molecule has 1 heterocycles. The fourth-order valence-electron chi connectivity index (χ4n) is 1.48. The van der Waals surface area contributed by atoms with E-state index in [-0.39, 0.29) is 0 Å². The number of nitrogens with zero attached hydrogens (tertiary/aromatic N) is 1. The van der Waals surface area contributed by atoms with Crippen LogP contribution < -0.4 is 10.5 Å². The zero-order valence-electron chi connectivity index (χ0n) is 8.95. The van der Waals surface area contributed by atoms with Crippen LogP contribution in [0.2, 0.25) is 0 Å². The third kappa shape index (κ3) is 1.90. The lowest BCUT2D eigenvalue weighted by Gasteiger charge is -2.08. The number of benzene rings is 1. The SMILES string of the molecule is COc1cc(C)cc(-c2cc(N)no2)c1Br. The van der Waals surface area contributed by atoms with Gasteiger partial charge < -0.3 is 15.0 Å². The molecule has 0 amide bonds. The standard InChI is InChI=1S/C11H11BrN2O2/c1-6-3-7(8-5-10(13)14-16-8)11(12)9(4-6)15-2/h3-5H,1-2H3,(H2,13,14). The molecule has 0 radical (unpaired) electrons. The van der Waals surface area contributed by atoms with E-state index in [0.717, 1.165) is 21.3 Å². The summed E-state index contributed by atoms with van der Waals surface area (Å²) in [6, 6.07) is 5.60. The molecule has 16 heavy (non-hydrogen) atoms. The van der Waals surface area contributed by atoms with Crippen LogP contribution in [0.4, 0.5) is 5.82 Å². The second-order valence-corrected chi connectivity index (χ2v) is 4.24. The number of aromatic nitrogens is 1. The van der Waals surface area contributed by atoms with Crippen molar-refractivity contribution in [2.24, 2.45) is 0 Å². The maximum atomic E-state index is 5.52. The molecule has 0 aliphatic carbocycles. The van der Waals surface area contributed by atoms with Crippen molar-refractivity contribution in [1.82, 2.24) is 5.16 Å². The average Bonchev–Trinajstić information content (AvgIpc) is 2.67. The quantitative estimate of drug-likeness (QED) is 0.920. The van der Waals surface area contributed by atoms with E-state index in [2.05, 4.69) is 21.1 Å². The van der Waals surface area contributed by atoms with Crippen molar-refractivity contribution in [2.75, 3.05) is 12.8 Å². The van der Waals surface area contributed by atoms with E-state index in [1.807, 2.05) is 19.1 Å². The summed E-state index contributed by atoms with van der Waals surface area (Å²) < 4.78 is 11.2. The highest BCUT2D eigenvalue weighted by molar-refractivity contribution is 9.10. The van der Waals surface area contributed by atoms with Crippen molar-refractivity contribution < 1.29 is 9.26 Å². The largest absolute Gasteiger partial charge is 0.496 e. The van der Waals surface area contributed by atoms with E-state index in [0.29, 0.717) is 11.6 Å². The molecule has 1 aromatic carbocycles. The minimum atomic E-state index is 0.363. The lowest BCUT2D eigenvalue weighted by atomic mass is 10.1. The fraction of sp³-hybridized carbons (Fsp3) is 0.182. The highest BCUT2D eigenvalue weighted by Crippen LogP contribution is 2.37. The Morgan fingerprint density at radius 1 is 1.38 bits per heavy atom. The number of halogens is 1. The summed E-state index contributed by atoms with van der Waals surface area (Å²) in [5.41, 5.74) is 7.47. The molecule has 5 heteroatoms. The molecule has 0 atom stereocenters. The van der Waals surface area contributed by atoms with Gasteiger partial charge in [0.2, 0.25) is 0 Å². The van der Waals surface area contributed by atoms with Gasteiger partial charge in [0.25, 0.3) is 0 Å². The Balaban J connectivity index is 2.60. The number of ether oxygens (including phenoxy) is 1. The van der Waals surface area contributed by atoms with E-state index in [9.17, 15) is 0 Å². The molecule has 1 aromatic heterocycles. The van der Waals surface area contributed by atoms with Crippen LogP contribution in [0, 0.1) is 6.92 Å². The van der Waals surface area contributed by atoms with Crippen molar-refractivity contribution in [3.8, 4) is 17.1 Å². The van der Waals surface area contributed by atoms with E-state index in [1.54, 1.807) is 13.2 Å². The molecule has 0 aliphatic heterocycles. The van der Waals surface area contributed by atoms with Crippen LogP contribution in [0.5, 0.6) is 5.75 Å². The maximum absolute atomic E-state index is 5.52. The zero-order valence-corrected chi connectivity index (χ0v) is 10.5. The highest BCUT2D eigenvalue weighted by Gasteiger charge is 2.13. The number of rotatable bonds is 2. The molecule has 0 unspecified atom stereocenters. The van der Waals surface area contributed by atoms with Gasteiger partial charge in [0.05, 0.1) is 11.6 Å². The molecule has 4 nitrogen and oxygen atoms in total. The molecular formula is C11H11BrN2O2. The van der Waals surface area contributed by atoms with Crippen LogP contribution in [-0.4, -0.2) is 12.3 Å². The van der Waals surface area contributed by atoms with E-state index in [1.165, 1.54) is 0 Å². The van der Waals surface area contributed by atoms with Crippen molar-refractivity contribution in [3.05, 3.63) is 28.2 Å². The third-order valence-electron chi connectivity index (χ3n) is 2.20. The second kappa shape index (κ2) is 4.17. The number of methoxy groups -OCH3 is 1. The summed E-state index contributed by atoms with van der Waals surface area (Å²) in [5, 5.41) is 3.66. The normalized spacial score (nSPS) is 10.4. The second-order valence-electron chi connectivity index (χ2n) is 3.44. The van der Waals surface area contributed by atoms with Gasteiger partial charge in [-0.1, -0.05) is 5.16 Å². The monoisotopic (exact) mass is 282 g/mol. The molecule has 0 fully saturated rings. The van der Waals surface area contributed by atoms with Crippen molar-refractivity contribution in [3.63, 3.8) is 0 Å². The first-order valence-electron chi connectivity index (χ1n) is 4.68. The Bertz CT molecular complexity index is 523. The molecule has 2 rings (SSSR count). The highest BCUT2D eigenvalue weighted by atomic mass is 79.9. The van der Waals surface area contributed by atoms with Gasteiger partial charge in [-0.3, -0.25) is 0 Å². The topological polar surface area (TPSA) is 61.3 Å². The molecule has 2 aromatic rings. The van der Waals surface area contributed by atoms with Crippen molar-refractivity contribution in [2.45, 2.75) is 6.92 Å². The predicted octanol–water partition coefficient (Wildman–Crippen LogP) is 3.00. The number of aryl methyl sites for hydroxylation is 1. The van der Waals surface area contributed by atoms with Crippen molar-refractivity contribution >= 4 is 21.7 Å². The molecule has 84 valence electrons. The van der Waals surface area contributed by atoms with Gasteiger partial charge >= 0.3 is 0 Å².